The molecule has 2 rings (SSSR count). The van der Waals surface area contributed by atoms with Gasteiger partial charge in [0, 0.05) is 26.1 Å². The second-order valence-electron chi connectivity index (χ2n) is 4.49. The first kappa shape index (κ1) is 14.4. The van der Waals surface area contributed by atoms with Gasteiger partial charge in [-0.1, -0.05) is 6.42 Å². The first-order valence-corrected chi connectivity index (χ1v) is 6.83. The van der Waals surface area contributed by atoms with Gasteiger partial charge in [-0.15, -0.1) is 0 Å². The molecule has 2 fully saturated rings. The lowest BCUT2D eigenvalue weighted by Gasteiger charge is -2.09. The van der Waals surface area contributed by atoms with Gasteiger partial charge in [-0.2, -0.15) is 0 Å². The highest BCUT2D eigenvalue weighted by molar-refractivity contribution is 5.75. The molecule has 4 N–H and O–H groups in total. The van der Waals surface area contributed by atoms with Crippen LogP contribution >= 0.6 is 0 Å². The summed E-state index contributed by atoms with van der Waals surface area (Å²) in [6.45, 7) is 5.61. The average molecular weight is 242 g/mol. The monoisotopic (exact) mass is 242 g/mol. The maximum Gasteiger partial charge on any atom is 0.234 e. The van der Waals surface area contributed by atoms with E-state index in [0.29, 0.717) is 6.42 Å². The second-order valence-corrected chi connectivity index (χ2v) is 4.49. The summed E-state index contributed by atoms with van der Waals surface area (Å²) in [4.78, 5) is 10.7. The zero-order valence-electron chi connectivity index (χ0n) is 10.7. The summed E-state index contributed by atoms with van der Waals surface area (Å²) in [5.74, 6) is 0.120. The highest BCUT2D eigenvalue weighted by Crippen LogP contribution is 1.99. The SMILES string of the molecule is C1CCNCCNC1.O=C1CCCCCNN1. The third-order valence-corrected chi connectivity index (χ3v) is 2.87. The fourth-order valence-corrected chi connectivity index (χ4v) is 1.83. The molecular formula is C12H26N4O. The van der Waals surface area contributed by atoms with Gasteiger partial charge in [0.25, 0.3) is 0 Å². The minimum absolute atomic E-state index is 0.120. The summed E-state index contributed by atoms with van der Waals surface area (Å²) in [7, 11) is 0. The Bertz CT molecular complexity index is 165. The van der Waals surface area contributed by atoms with E-state index in [1.807, 2.05) is 0 Å². The van der Waals surface area contributed by atoms with E-state index in [0.717, 1.165) is 26.1 Å². The molecular weight excluding hydrogens is 216 g/mol. The van der Waals surface area contributed by atoms with E-state index in [4.69, 9.17) is 0 Å². The Morgan fingerprint density at radius 2 is 1.35 bits per heavy atom. The fourth-order valence-electron chi connectivity index (χ4n) is 1.83. The average Bonchev–Trinajstić information content (AvgIpc) is 2.23. The quantitative estimate of drug-likeness (QED) is 0.488. The predicted molar refractivity (Wildman–Crippen MR) is 69.6 cm³/mol. The Hall–Kier alpha value is -0.650. The van der Waals surface area contributed by atoms with Gasteiger partial charge < -0.3 is 10.6 Å². The first-order valence-electron chi connectivity index (χ1n) is 6.83. The van der Waals surface area contributed by atoms with Gasteiger partial charge in [0.2, 0.25) is 5.91 Å². The molecule has 5 nitrogen and oxygen atoms in total. The number of hydrazine groups is 1. The van der Waals surface area contributed by atoms with E-state index in [-0.39, 0.29) is 5.91 Å². The van der Waals surface area contributed by atoms with Crippen LogP contribution in [-0.4, -0.2) is 38.6 Å². The van der Waals surface area contributed by atoms with Crippen LogP contribution in [0, 0.1) is 0 Å². The molecule has 2 aliphatic heterocycles. The number of carbonyl (C=O) groups is 1. The number of rotatable bonds is 0. The summed E-state index contributed by atoms with van der Waals surface area (Å²) in [5, 5.41) is 6.65. The molecule has 0 radical (unpaired) electrons. The van der Waals surface area contributed by atoms with Crippen molar-refractivity contribution >= 4 is 5.91 Å². The van der Waals surface area contributed by atoms with Crippen LogP contribution in [0.5, 0.6) is 0 Å². The molecule has 0 aromatic carbocycles. The van der Waals surface area contributed by atoms with E-state index >= 15 is 0 Å². The second kappa shape index (κ2) is 10.5. The Balaban J connectivity index is 0.000000171. The van der Waals surface area contributed by atoms with E-state index in [2.05, 4.69) is 21.5 Å². The minimum atomic E-state index is 0.120. The van der Waals surface area contributed by atoms with Crippen molar-refractivity contribution in [3.63, 3.8) is 0 Å². The number of nitrogens with one attached hydrogen (secondary N) is 4. The molecule has 0 saturated carbocycles. The summed E-state index contributed by atoms with van der Waals surface area (Å²) in [6, 6.07) is 0. The molecule has 0 bridgehead atoms. The van der Waals surface area contributed by atoms with Crippen molar-refractivity contribution < 1.29 is 4.79 Å². The Labute approximate surface area is 104 Å². The molecule has 0 aliphatic carbocycles. The maximum absolute atomic E-state index is 10.7. The topological polar surface area (TPSA) is 65.2 Å². The van der Waals surface area contributed by atoms with E-state index in [1.165, 1.54) is 38.8 Å². The molecule has 5 heteroatoms. The number of hydrogen-bond acceptors (Lipinski definition) is 4. The summed E-state index contributed by atoms with van der Waals surface area (Å²) in [6.07, 6.45) is 6.70. The smallest absolute Gasteiger partial charge is 0.234 e. The zero-order valence-corrected chi connectivity index (χ0v) is 10.7. The van der Waals surface area contributed by atoms with Crippen LogP contribution in [-0.2, 0) is 4.79 Å². The molecule has 0 atom stereocenters. The number of hydrogen-bond donors (Lipinski definition) is 4. The van der Waals surface area contributed by atoms with Gasteiger partial charge in [-0.3, -0.25) is 10.2 Å². The molecule has 2 saturated heterocycles. The van der Waals surface area contributed by atoms with Crippen molar-refractivity contribution in [2.45, 2.75) is 38.5 Å². The van der Waals surface area contributed by atoms with E-state index < -0.39 is 0 Å². The lowest BCUT2D eigenvalue weighted by atomic mass is 10.2. The van der Waals surface area contributed by atoms with Crippen molar-refractivity contribution in [2.24, 2.45) is 0 Å². The van der Waals surface area contributed by atoms with Crippen LogP contribution in [0.25, 0.3) is 0 Å². The minimum Gasteiger partial charge on any atom is -0.315 e. The van der Waals surface area contributed by atoms with Gasteiger partial charge in [-0.05, 0) is 38.8 Å². The lowest BCUT2D eigenvalue weighted by Crippen LogP contribution is -2.38. The predicted octanol–water partition coefficient (Wildman–Crippen LogP) is 0.141. The Kier molecular flexibility index (Phi) is 8.90. The molecule has 0 spiro atoms. The molecule has 2 aliphatic rings. The van der Waals surface area contributed by atoms with Crippen molar-refractivity contribution in [3.8, 4) is 0 Å². The van der Waals surface area contributed by atoms with Crippen molar-refractivity contribution in [3.05, 3.63) is 0 Å². The summed E-state index contributed by atoms with van der Waals surface area (Å²) < 4.78 is 0. The maximum atomic E-state index is 10.7. The van der Waals surface area contributed by atoms with Crippen LogP contribution in [0.2, 0.25) is 0 Å². The van der Waals surface area contributed by atoms with Gasteiger partial charge in [0.05, 0.1) is 0 Å². The van der Waals surface area contributed by atoms with Crippen LogP contribution in [0.3, 0.4) is 0 Å². The Morgan fingerprint density at radius 1 is 0.706 bits per heavy atom. The number of carbonyl (C=O) groups excluding carboxylic acids is 1. The van der Waals surface area contributed by atoms with E-state index in [1.54, 1.807) is 0 Å². The third-order valence-electron chi connectivity index (χ3n) is 2.87. The zero-order chi connectivity index (χ0) is 12.2. The highest BCUT2D eigenvalue weighted by atomic mass is 16.2. The van der Waals surface area contributed by atoms with Crippen LogP contribution in [0.15, 0.2) is 0 Å². The van der Waals surface area contributed by atoms with Gasteiger partial charge in [0.15, 0.2) is 0 Å². The fraction of sp³-hybridized carbons (Fsp3) is 0.917. The van der Waals surface area contributed by atoms with E-state index in [9.17, 15) is 4.79 Å². The molecule has 0 unspecified atom stereocenters. The van der Waals surface area contributed by atoms with Crippen LogP contribution in [0.1, 0.15) is 38.5 Å². The largest absolute Gasteiger partial charge is 0.315 e. The van der Waals surface area contributed by atoms with Crippen molar-refractivity contribution in [2.75, 3.05) is 32.7 Å². The third kappa shape index (κ3) is 9.09. The summed E-state index contributed by atoms with van der Waals surface area (Å²) in [5.41, 5.74) is 5.43. The molecule has 1 amide bonds. The molecule has 0 aromatic heterocycles. The molecule has 2 heterocycles. The van der Waals surface area contributed by atoms with Crippen LogP contribution < -0.4 is 21.5 Å². The Morgan fingerprint density at radius 3 is 2.06 bits per heavy atom. The standard InChI is InChI=1S/C6H12N2O.C6H14N2/c9-6-4-2-1-3-5-7-8-6;1-2-4-8-6-5-7-3-1/h7H,1-5H2,(H,8,9);7-8H,1-6H2. The van der Waals surface area contributed by atoms with Gasteiger partial charge >= 0.3 is 0 Å². The first-order chi connectivity index (χ1) is 8.39. The van der Waals surface area contributed by atoms with Crippen molar-refractivity contribution in [1.29, 1.82) is 0 Å². The molecule has 17 heavy (non-hydrogen) atoms. The summed E-state index contributed by atoms with van der Waals surface area (Å²) >= 11 is 0. The normalized spacial score (nSPS) is 22.9. The van der Waals surface area contributed by atoms with Gasteiger partial charge in [-0.25, -0.2) is 5.43 Å². The molecule has 100 valence electrons. The lowest BCUT2D eigenvalue weighted by molar-refractivity contribution is -0.122. The van der Waals surface area contributed by atoms with Gasteiger partial charge in [0.1, 0.15) is 0 Å². The number of amides is 1. The van der Waals surface area contributed by atoms with Crippen LogP contribution in [0.4, 0.5) is 0 Å². The molecule has 0 aromatic rings. The highest BCUT2D eigenvalue weighted by Gasteiger charge is 2.02. The van der Waals surface area contributed by atoms with Crippen molar-refractivity contribution in [1.82, 2.24) is 21.5 Å².